The Kier molecular flexibility index (Phi) is 3.12. The van der Waals surface area contributed by atoms with E-state index in [-0.39, 0.29) is 5.41 Å². The molecule has 0 unspecified atom stereocenters. The van der Waals surface area contributed by atoms with Gasteiger partial charge in [0.1, 0.15) is 0 Å². The summed E-state index contributed by atoms with van der Waals surface area (Å²) in [7, 11) is 0. The van der Waals surface area contributed by atoms with Crippen molar-refractivity contribution < 1.29 is 0 Å². The molecule has 6 rings (SSSR count). The Hall–Kier alpha value is -3.52. The van der Waals surface area contributed by atoms with Crippen molar-refractivity contribution in [3.8, 4) is 16.8 Å². The number of para-hydroxylation sites is 1. The highest BCUT2D eigenvalue weighted by atomic mass is 15.0. The number of nitrogens with zero attached hydrogens (tertiary/aromatic N) is 1. The number of rotatable bonds is 1. The van der Waals surface area contributed by atoms with Gasteiger partial charge in [0.15, 0.2) is 0 Å². The number of anilines is 1. The largest absolute Gasteiger partial charge is 0.399 e. The highest BCUT2D eigenvalue weighted by molar-refractivity contribution is 6.11. The minimum atomic E-state index is 0.000491. The lowest BCUT2D eigenvalue weighted by Crippen LogP contribution is -2.14. The molecule has 4 aromatic carbocycles. The molecule has 5 aromatic rings. The van der Waals surface area contributed by atoms with Gasteiger partial charge in [-0.15, -0.1) is 0 Å². The highest BCUT2D eigenvalue weighted by Crippen LogP contribution is 2.50. The summed E-state index contributed by atoms with van der Waals surface area (Å²) in [6, 6.07) is 30.4. The zero-order valence-electron chi connectivity index (χ0n) is 16.6. The van der Waals surface area contributed by atoms with Crippen molar-refractivity contribution in [2.75, 3.05) is 5.73 Å². The standard InChI is InChI=1S/C27H22N2/c1-27(2)23-12-5-3-10-19(23)21-16-26-22(15-24(21)27)20-11-4-6-13-25(20)29(26)18-9-7-8-17(28)14-18/h3-16H,28H2,1-2H3. The molecule has 0 spiro atoms. The van der Waals surface area contributed by atoms with Crippen LogP contribution < -0.4 is 5.73 Å². The number of hydrogen-bond donors (Lipinski definition) is 1. The van der Waals surface area contributed by atoms with Gasteiger partial charge in [0.05, 0.1) is 11.0 Å². The number of nitrogens with two attached hydrogens (primary N) is 1. The SMILES string of the molecule is CC1(C)c2ccccc2-c2cc3c(cc21)c1ccccc1n3-c1cccc(N)c1. The maximum Gasteiger partial charge on any atom is 0.0547 e. The van der Waals surface area contributed by atoms with Gasteiger partial charge in [-0.05, 0) is 58.7 Å². The first-order valence-corrected chi connectivity index (χ1v) is 10.1. The van der Waals surface area contributed by atoms with Crippen molar-refractivity contribution >= 4 is 27.5 Å². The Morgan fingerprint density at radius 1 is 0.655 bits per heavy atom. The average Bonchev–Trinajstić information content (AvgIpc) is 3.17. The van der Waals surface area contributed by atoms with E-state index in [0.29, 0.717) is 0 Å². The van der Waals surface area contributed by atoms with Gasteiger partial charge < -0.3 is 10.3 Å². The monoisotopic (exact) mass is 374 g/mol. The molecule has 29 heavy (non-hydrogen) atoms. The molecule has 0 aliphatic heterocycles. The lowest BCUT2D eigenvalue weighted by Gasteiger charge is -2.21. The van der Waals surface area contributed by atoms with Crippen LogP contribution in [0, 0.1) is 0 Å². The Labute approximate surface area is 170 Å². The smallest absolute Gasteiger partial charge is 0.0547 e. The second kappa shape index (κ2) is 5.51. The third-order valence-corrected chi connectivity index (χ3v) is 6.50. The highest BCUT2D eigenvalue weighted by Gasteiger charge is 2.36. The minimum Gasteiger partial charge on any atom is -0.399 e. The van der Waals surface area contributed by atoms with Crippen molar-refractivity contribution in [3.05, 3.63) is 96.1 Å². The predicted octanol–water partition coefficient (Wildman–Crippen LogP) is 6.67. The molecule has 1 aliphatic rings. The van der Waals surface area contributed by atoms with E-state index in [0.717, 1.165) is 11.4 Å². The van der Waals surface area contributed by atoms with Crippen LogP contribution in [0.15, 0.2) is 84.9 Å². The van der Waals surface area contributed by atoms with Crippen LogP contribution >= 0.6 is 0 Å². The summed E-state index contributed by atoms with van der Waals surface area (Å²) in [5.74, 6) is 0. The van der Waals surface area contributed by atoms with E-state index < -0.39 is 0 Å². The van der Waals surface area contributed by atoms with E-state index in [9.17, 15) is 0 Å². The van der Waals surface area contributed by atoms with Gasteiger partial charge in [-0.25, -0.2) is 0 Å². The molecule has 2 nitrogen and oxygen atoms in total. The lowest BCUT2D eigenvalue weighted by molar-refractivity contribution is 0.661. The van der Waals surface area contributed by atoms with Crippen LogP contribution in [0.25, 0.3) is 38.6 Å². The van der Waals surface area contributed by atoms with Gasteiger partial charge in [-0.2, -0.15) is 0 Å². The topological polar surface area (TPSA) is 30.9 Å². The van der Waals surface area contributed by atoms with Gasteiger partial charge in [0.25, 0.3) is 0 Å². The molecule has 0 amide bonds. The van der Waals surface area contributed by atoms with E-state index >= 15 is 0 Å². The van der Waals surface area contributed by atoms with Crippen LogP contribution in [0.2, 0.25) is 0 Å². The second-order valence-electron chi connectivity index (χ2n) is 8.53. The summed E-state index contributed by atoms with van der Waals surface area (Å²) < 4.78 is 2.34. The van der Waals surface area contributed by atoms with Crippen molar-refractivity contribution in [3.63, 3.8) is 0 Å². The number of hydrogen-bond acceptors (Lipinski definition) is 1. The summed E-state index contributed by atoms with van der Waals surface area (Å²) in [6.07, 6.45) is 0. The maximum atomic E-state index is 6.13. The Morgan fingerprint density at radius 3 is 2.31 bits per heavy atom. The first-order chi connectivity index (χ1) is 14.1. The van der Waals surface area contributed by atoms with Crippen molar-refractivity contribution in [1.82, 2.24) is 4.57 Å². The first-order valence-electron chi connectivity index (χ1n) is 10.1. The van der Waals surface area contributed by atoms with Gasteiger partial charge >= 0.3 is 0 Å². The number of fused-ring (bicyclic) bond motifs is 6. The van der Waals surface area contributed by atoms with Gasteiger partial charge in [0.2, 0.25) is 0 Å². The summed E-state index contributed by atoms with van der Waals surface area (Å²) in [5.41, 5.74) is 15.9. The summed E-state index contributed by atoms with van der Waals surface area (Å²) in [6.45, 7) is 4.67. The van der Waals surface area contributed by atoms with Crippen LogP contribution in [0.1, 0.15) is 25.0 Å². The Bertz CT molecular complexity index is 1440. The average molecular weight is 374 g/mol. The minimum absolute atomic E-state index is 0.000491. The van der Waals surface area contributed by atoms with Crippen LogP contribution in [-0.4, -0.2) is 4.57 Å². The Balaban J connectivity index is 1.79. The molecule has 0 saturated carbocycles. The van der Waals surface area contributed by atoms with E-state index in [1.807, 2.05) is 12.1 Å². The second-order valence-corrected chi connectivity index (χ2v) is 8.53. The zero-order chi connectivity index (χ0) is 19.8. The molecule has 1 heterocycles. The fourth-order valence-corrected chi connectivity index (χ4v) is 5.11. The van der Waals surface area contributed by atoms with E-state index in [1.54, 1.807) is 0 Å². The number of nitrogen functional groups attached to an aromatic ring is 1. The zero-order valence-corrected chi connectivity index (χ0v) is 16.6. The normalized spacial score (nSPS) is 14.3. The summed E-state index contributed by atoms with van der Waals surface area (Å²) >= 11 is 0. The van der Waals surface area contributed by atoms with E-state index in [4.69, 9.17) is 5.73 Å². The van der Waals surface area contributed by atoms with E-state index in [1.165, 1.54) is 44.1 Å². The number of benzene rings is 4. The Morgan fingerprint density at radius 2 is 1.45 bits per heavy atom. The molecule has 0 saturated heterocycles. The molecule has 2 N–H and O–H groups in total. The number of aromatic nitrogens is 1. The fourth-order valence-electron chi connectivity index (χ4n) is 5.11. The molecular formula is C27H22N2. The van der Waals surface area contributed by atoms with Crippen molar-refractivity contribution in [2.24, 2.45) is 0 Å². The van der Waals surface area contributed by atoms with Gasteiger partial charge in [-0.3, -0.25) is 0 Å². The van der Waals surface area contributed by atoms with Crippen molar-refractivity contribution in [2.45, 2.75) is 19.3 Å². The molecule has 1 aliphatic carbocycles. The van der Waals surface area contributed by atoms with Crippen LogP contribution in [0.5, 0.6) is 0 Å². The van der Waals surface area contributed by atoms with Crippen molar-refractivity contribution in [1.29, 1.82) is 0 Å². The first kappa shape index (κ1) is 16.4. The third kappa shape index (κ3) is 2.11. The molecule has 140 valence electrons. The lowest BCUT2D eigenvalue weighted by atomic mass is 9.82. The van der Waals surface area contributed by atoms with Gasteiger partial charge in [-0.1, -0.05) is 62.4 Å². The summed E-state index contributed by atoms with van der Waals surface area (Å²) in [5, 5.41) is 2.57. The molecule has 0 bridgehead atoms. The molecular weight excluding hydrogens is 352 g/mol. The molecule has 0 radical (unpaired) electrons. The predicted molar refractivity (Wildman–Crippen MR) is 123 cm³/mol. The third-order valence-electron chi connectivity index (χ3n) is 6.50. The maximum absolute atomic E-state index is 6.13. The van der Waals surface area contributed by atoms with Crippen LogP contribution in [0.3, 0.4) is 0 Å². The van der Waals surface area contributed by atoms with Crippen LogP contribution in [-0.2, 0) is 5.41 Å². The van der Waals surface area contributed by atoms with Gasteiger partial charge in [0, 0.05) is 27.6 Å². The molecule has 0 fully saturated rings. The molecule has 2 heteroatoms. The summed E-state index contributed by atoms with van der Waals surface area (Å²) in [4.78, 5) is 0. The quantitative estimate of drug-likeness (QED) is 0.326. The molecule has 1 aromatic heterocycles. The molecule has 0 atom stereocenters. The van der Waals surface area contributed by atoms with Crippen LogP contribution in [0.4, 0.5) is 5.69 Å². The van der Waals surface area contributed by atoms with E-state index in [2.05, 4.69) is 91.2 Å². The fraction of sp³-hybridized carbons (Fsp3) is 0.111.